The predicted octanol–water partition coefficient (Wildman–Crippen LogP) is 6.32. The van der Waals surface area contributed by atoms with Crippen LogP contribution in [0.2, 0.25) is 10.0 Å². The van der Waals surface area contributed by atoms with Gasteiger partial charge in [-0.25, -0.2) is 4.79 Å². The first-order valence-electron chi connectivity index (χ1n) is 9.23. The highest BCUT2D eigenvalue weighted by molar-refractivity contribution is 6.30. The molecular weight excluding hydrogens is 421 g/mol. The van der Waals surface area contributed by atoms with Crippen LogP contribution in [0.3, 0.4) is 0 Å². The molecule has 6 heteroatoms. The Balaban J connectivity index is 1.94. The summed E-state index contributed by atoms with van der Waals surface area (Å²) in [5.41, 5.74) is 2.64. The Morgan fingerprint density at radius 2 is 1.60 bits per heavy atom. The summed E-state index contributed by atoms with van der Waals surface area (Å²) in [6.45, 7) is 1.83. The van der Waals surface area contributed by atoms with Crippen molar-refractivity contribution in [3.63, 3.8) is 0 Å². The SMILES string of the molecule is Cc1cc(=O)oc2c(C(N=Cc3ccc(Cl)cc3)c3ccc(Cl)cc3)c(O)ccc12. The van der Waals surface area contributed by atoms with Gasteiger partial charge in [-0.1, -0.05) is 47.5 Å². The molecule has 4 aromatic rings. The molecular formula is C24H17Cl2NO3. The molecule has 1 aromatic heterocycles. The molecule has 1 unspecified atom stereocenters. The maximum Gasteiger partial charge on any atom is 0.336 e. The number of phenolic OH excluding ortho intramolecular Hbond substituents is 1. The Morgan fingerprint density at radius 1 is 0.967 bits per heavy atom. The minimum atomic E-state index is -0.619. The Bertz CT molecular complexity index is 1290. The monoisotopic (exact) mass is 437 g/mol. The van der Waals surface area contributed by atoms with Crippen molar-refractivity contribution in [1.29, 1.82) is 0 Å². The van der Waals surface area contributed by atoms with Crippen molar-refractivity contribution in [2.75, 3.05) is 0 Å². The van der Waals surface area contributed by atoms with Crippen LogP contribution in [0.15, 0.2) is 80.9 Å². The van der Waals surface area contributed by atoms with Gasteiger partial charge in [0.15, 0.2) is 0 Å². The number of nitrogens with zero attached hydrogens (tertiary/aromatic N) is 1. The molecule has 150 valence electrons. The zero-order chi connectivity index (χ0) is 21.3. The van der Waals surface area contributed by atoms with E-state index in [-0.39, 0.29) is 5.75 Å². The predicted molar refractivity (Wildman–Crippen MR) is 121 cm³/mol. The van der Waals surface area contributed by atoms with Crippen molar-refractivity contribution in [2.45, 2.75) is 13.0 Å². The highest BCUT2D eigenvalue weighted by atomic mass is 35.5. The normalized spacial score (nSPS) is 12.5. The maximum atomic E-state index is 12.1. The van der Waals surface area contributed by atoms with Crippen LogP contribution in [-0.2, 0) is 0 Å². The number of rotatable bonds is 4. The Kier molecular flexibility index (Phi) is 5.62. The third-order valence-corrected chi connectivity index (χ3v) is 5.34. The third-order valence-electron chi connectivity index (χ3n) is 4.84. The Labute approximate surface area is 183 Å². The molecule has 0 saturated heterocycles. The first-order valence-corrected chi connectivity index (χ1v) is 9.98. The van der Waals surface area contributed by atoms with Gasteiger partial charge in [0.25, 0.3) is 0 Å². The number of hydrogen-bond donors (Lipinski definition) is 1. The second kappa shape index (κ2) is 8.34. The number of aryl methyl sites for hydroxylation is 1. The van der Waals surface area contributed by atoms with E-state index in [1.165, 1.54) is 6.07 Å². The third kappa shape index (κ3) is 4.11. The van der Waals surface area contributed by atoms with E-state index < -0.39 is 11.7 Å². The van der Waals surface area contributed by atoms with Gasteiger partial charge in [0.05, 0.1) is 5.56 Å². The van der Waals surface area contributed by atoms with Crippen LogP contribution >= 0.6 is 23.2 Å². The summed E-state index contributed by atoms with van der Waals surface area (Å²) in [5.74, 6) is -0.00976. The fraction of sp³-hybridized carbons (Fsp3) is 0.0833. The number of aliphatic imine (C=N–C) groups is 1. The molecule has 0 fully saturated rings. The zero-order valence-electron chi connectivity index (χ0n) is 16.0. The average Bonchev–Trinajstić information content (AvgIpc) is 2.71. The summed E-state index contributed by atoms with van der Waals surface area (Å²) in [6, 6.07) is 18.5. The summed E-state index contributed by atoms with van der Waals surface area (Å²) < 4.78 is 5.52. The van der Waals surface area contributed by atoms with Crippen molar-refractivity contribution in [3.8, 4) is 5.75 Å². The zero-order valence-corrected chi connectivity index (χ0v) is 17.5. The summed E-state index contributed by atoms with van der Waals surface area (Å²) in [4.78, 5) is 16.8. The molecule has 1 N–H and O–H groups in total. The van der Waals surface area contributed by atoms with Gasteiger partial charge < -0.3 is 9.52 Å². The van der Waals surface area contributed by atoms with Gasteiger partial charge in [-0.2, -0.15) is 0 Å². The lowest BCUT2D eigenvalue weighted by Crippen LogP contribution is -2.05. The fourth-order valence-electron chi connectivity index (χ4n) is 3.34. The molecule has 0 amide bonds. The standard InChI is InChI=1S/C24H17Cl2NO3/c1-14-12-21(29)30-24-19(14)10-11-20(28)22(24)23(16-4-8-18(26)9-5-16)27-13-15-2-6-17(25)7-3-15/h2-13,23,28H,1H3. The van der Waals surface area contributed by atoms with Crippen LogP contribution in [0.25, 0.3) is 11.0 Å². The van der Waals surface area contributed by atoms with E-state index in [4.69, 9.17) is 32.6 Å². The first-order chi connectivity index (χ1) is 14.4. The van der Waals surface area contributed by atoms with Crippen LogP contribution < -0.4 is 5.63 Å². The van der Waals surface area contributed by atoms with E-state index in [0.717, 1.165) is 22.1 Å². The summed E-state index contributed by atoms with van der Waals surface area (Å²) in [5, 5.41) is 12.7. The molecule has 0 saturated carbocycles. The van der Waals surface area contributed by atoms with E-state index in [1.54, 1.807) is 42.6 Å². The summed E-state index contributed by atoms with van der Waals surface area (Å²) in [7, 11) is 0. The highest BCUT2D eigenvalue weighted by Gasteiger charge is 2.22. The minimum absolute atomic E-state index is 0.00976. The minimum Gasteiger partial charge on any atom is -0.507 e. The number of aromatic hydroxyl groups is 1. The van der Waals surface area contributed by atoms with Gasteiger partial charge >= 0.3 is 5.63 Å². The quantitative estimate of drug-likeness (QED) is 0.300. The molecule has 0 radical (unpaired) electrons. The summed E-state index contributed by atoms with van der Waals surface area (Å²) in [6.07, 6.45) is 1.70. The van der Waals surface area contributed by atoms with E-state index >= 15 is 0 Å². The smallest absolute Gasteiger partial charge is 0.336 e. The number of benzene rings is 3. The second-order valence-corrected chi connectivity index (χ2v) is 7.78. The van der Waals surface area contributed by atoms with Gasteiger partial charge in [0.1, 0.15) is 17.4 Å². The molecule has 1 atom stereocenters. The molecule has 3 aromatic carbocycles. The first kappa shape index (κ1) is 20.2. The number of phenols is 1. The average molecular weight is 438 g/mol. The molecule has 4 nitrogen and oxygen atoms in total. The topological polar surface area (TPSA) is 62.8 Å². The Hall–Kier alpha value is -3.08. The van der Waals surface area contributed by atoms with E-state index in [0.29, 0.717) is 21.2 Å². The van der Waals surface area contributed by atoms with Crippen molar-refractivity contribution in [3.05, 3.63) is 109 Å². The van der Waals surface area contributed by atoms with Gasteiger partial charge in [-0.05, 0) is 60.0 Å². The molecule has 0 aliphatic heterocycles. The summed E-state index contributed by atoms with van der Waals surface area (Å²) >= 11 is 12.0. The van der Waals surface area contributed by atoms with Crippen LogP contribution in [0.4, 0.5) is 0 Å². The van der Waals surface area contributed by atoms with Crippen molar-refractivity contribution < 1.29 is 9.52 Å². The van der Waals surface area contributed by atoms with Crippen molar-refractivity contribution in [1.82, 2.24) is 0 Å². The van der Waals surface area contributed by atoms with E-state index in [1.807, 2.05) is 31.2 Å². The van der Waals surface area contributed by atoms with Gasteiger partial charge in [-0.3, -0.25) is 4.99 Å². The van der Waals surface area contributed by atoms with Crippen LogP contribution in [0.1, 0.15) is 28.3 Å². The lowest BCUT2D eigenvalue weighted by Gasteiger charge is -2.17. The lowest BCUT2D eigenvalue weighted by molar-refractivity contribution is 0.462. The highest BCUT2D eigenvalue weighted by Crippen LogP contribution is 2.38. The molecule has 30 heavy (non-hydrogen) atoms. The molecule has 1 heterocycles. The van der Waals surface area contributed by atoms with Crippen molar-refractivity contribution >= 4 is 40.4 Å². The van der Waals surface area contributed by atoms with Crippen LogP contribution in [0, 0.1) is 6.92 Å². The van der Waals surface area contributed by atoms with Crippen LogP contribution in [0.5, 0.6) is 5.75 Å². The molecule has 0 bridgehead atoms. The maximum absolute atomic E-state index is 12.1. The fourth-order valence-corrected chi connectivity index (χ4v) is 3.59. The van der Waals surface area contributed by atoms with Crippen LogP contribution in [-0.4, -0.2) is 11.3 Å². The van der Waals surface area contributed by atoms with E-state index in [2.05, 4.69) is 0 Å². The lowest BCUT2D eigenvalue weighted by atomic mass is 9.95. The molecule has 0 aliphatic carbocycles. The molecule has 4 rings (SSSR count). The van der Waals surface area contributed by atoms with Crippen molar-refractivity contribution in [2.24, 2.45) is 4.99 Å². The number of halogens is 2. The van der Waals surface area contributed by atoms with E-state index in [9.17, 15) is 9.90 Å². The number of fused-ring (bicyclic) bond motifs is 1. The molecule has 0 spiro atoms. The Morgan fingerprint density at radius 3 is 2.27 bits per heavy atom. The van der Waals surface area contributed by atoms with Gasteiger partial charge in [0.2, 0.25) is 0 Å². The van der Waals surface area contributed by atoms with Gasteiger partial charge in [0, 0.05) is 27.7 Å². The number of hydrogen-bond acceptors (Lipinski definition) is 4. The second-order valence-electron chi connectivity index (χ2n) is 6.91. The molecule has 0 aliphatic rings. The largest absolute Gasteiger partial charge is 0.507 e. The van der Waals surface area contributed by atoms with Gasteiger partial charge in [-0.15, -0.1) is 0 Å².